The third kappa shape index (κ3) is 6.04. The lowest BCUT2D eigenvalue weighted by molar-refractivity contribution is 0.0865. The number of hydrogen-bond donors (Lipinski definition) is 3. The number of carbonyl (C=O) groups is 2. The maximum absolute atomic E-state index is 12.4. The van der Waals surface area contributed by atoms with E-state index in [2.05, 4.69) is 10.6 Å². The van der Waals surface area contributed by atoms with Crippen LogP contribution in [0.4, 0.5) is 0 Å². The van der Waals surface area contributed by atoms with E-state index >= 15 is 0 Å². The highest BCUT2D eigenvalue weighted by Gasteiger charge is 2.13. The lowest BCUT2D eigenvalue weighted by Crippen LogP contribution is -2.28. The molecule has 0 aromatic heterocycles. The topological polar surface area (TPSA) is 96.9 Å². The second-order valence-electron chi connectivity index (χ2n) is 6.75. The average Bonchev–Trinajstić information content (AvgIpc) is 2.73. The molecule has 29 heavy (non-hydrogen) atoms. The molecule has 0 spiro atoms. The number of carbonyl (C=O) groups excluding carboxylic acids is 2. The molecule has 0 unspecified atom stereocenters. The Labute approximate surface area is 170 Å². The van der Waals surface area contributed by atoms with Gasteiger partial charge in [0.2, 0.25) is 0 Å². The lowest BCUT2D eigenvalue weighted by Gasteiger charge is -2.15. The van der Waals surface area contributed by atoms with Gasteiger partial charge in [-0.2, -0.15) is 0 Å². The SMILES string of the molecule is O=C(NCCCO)c1ccc2c(c1)Cc1cccc(c1)C(=O)NCCOCCO2. The fraction of sp³-hybridized carbons (Fsp3) is 0.364. The predicted molar refractivity (Wildman–Crippen MR) is 108 cm³/mol. The van der Waals surface area contributed by atoms with E-state index in [0.717, 1.165) is 11.1 Å². The van der Waals surface area contributed by atoms with E-state index in [1.165, 1.54) is 0 Å². The van der Waals surface area contributed by atoms with Gasteiger partial charge in [0.15, 0.2) is 0 Å². The Kier molecular flexibility index (Phi) is 7.61. The summed E-state index contributed by atoms with van der Waals surface area (Å²) in [5, 5.41) is 14.5. The smallest absolute Gasteiger partial charge is 0.251 e. The second kappa shape index (κ2) is 10.6. The van der Waals surface area contributed by atoms with Gasteiger partial charge in [-0.25, -0.2) is 0 Å². The number of aliphatic hydroxyl groups is 1. The molecule has 0 atom stereocenters. The highest BCUT2D eigenvalue weighted by molar-refractivity contribution is 5.95. The summed E-state index contributed by atoms with van der Waals surface area (Å²) in [6, 6.07) is 12.7. The molecule has 0 saturated heterocycles. The first-order chi connectivity index (χ1) is 14.2. The maximum Gasteiger partial charge on any atom is 0.251 e. The summed E-state index contributed by atoms with van der Waals surface area (Å²) in [7, 11) is 0. The van der Waals surface area contributed by atoms with E-state index in [-0.39, 0.29) is 18.4 Å². The number of fused-ring (bicyclic) bond motifs is 3. The highest BCUT2D eigenvalue weighted by atomic mass is 16.5. The van der Waals surface area contributed by atoms with Crippen molar-refractivity contribution in [3.63, 3.8) is 0 Å². The van der Waals surface area contributed by atoms with E-state index in [1.807, 2.05) is 24.3 Å². The van der Waals surface area contributed by atoms with Gasteiger partial charge in [-0.05, 0) is 47.9 Å². The summed E-state index contributed by atoms with van der Waals surface area (Å²) in [4.78, 5) is 24.7. The molecule has 2 amide bonds. The third-order valence-electron chi connectivity index (χ3n) is 4.54. The molecular formula is C22H26N2O5. The Balaban J connectivity index is 1.87. The van der Waals surface area contributed by atoms with E-state index in [0.29, 0.717) is 62.6 Å². The van der Waals surface area contributed by atoms with E-state index in [1.54, 1.807) is 18.2 Å². The number of rotatable bonds is 4. The number of amides is 2. The molecule has 3 N–H and O–H groups in total. The van der Waals surface area contributed by atoms with Crippen molar-refractivity contribution in [2.75, 3.05) is 39.5 Å². The Morgan fingerprint density at radius 1 is 1.14 bits per heavy atom. The van der Waals surface area contributed by atoms with Crippen LogP contribution in [0.5, 0.6) is 5.75 Å². The van der Waals surface area contributed by atoms with Crippen molar-refractivity contribution in [2.24, 2.45) is 0 Å². The van der Waals surface area contributed by atoms with Gasteiger partial charge < -0.3 is 25.2 Å². The molecular weight excluding hydrogens is 372 g/mol. The number of benzene rings is 2. The fourth-order valence-corrected chi connectivity index (χ4v) is 3.08. The Bertz CT molecular complexity index is 853. The van der Waals surface area contributed by atoms with E-state index in [4.69, 9.17) is 14.6 Å². The predicted octanol–water partition coefficient (Wildman–Crippen LogP) is 1.53. The van der Waals surface area contributed by atoms with Crippen LogP contribution in [0, 0.1) is 0 Å². The van der Waals surface area contributed by atoms with Crippen LogP contribution in [0.15, 0.2) is 42.5 Å². The average molecular weight is 398 g/mol. The summed E-state index contributed by atoms with van der Waals surface area (Å²) >= 11 is 0. The maximum atomic E-state index is 12.4. The molecule has 2 aromatic rings. The zero-order valence-electron chi connectivity index (χ0n) is 16.3. The molecule has 154 valence electrons. The van der Waals surface area contributed by atoms with Crippen molar-refractivity contribution in [2.45, 2.75) is 12.8 Å². The summed E-state index contributed by atoms with van der Waals surface area (Å²) < 4.78 is 11.4. The van der Waals surface area contributed by atoms with Crippen LogP contribution in [0.1, 0.15) is 38.3 Å². The minimum absolute atomic E-state index is 0.0320. The minimum Gasteiger partial charge on any atom is -0.491 e. The molecule has 1 aliphatic rings. The van der Waals surface area contributed by atoms with Gasteiger partial charge in [0.05, 0.1) is 13.2 Å². The summed E-state index contributed by atoms with van der Waals surface area (Å²) in [6.45, 7) is 2.08. The zero-order chi connectivity index (χ0) is 20.5. The molecule has 7 nitrogen and oxygen atoms in total. The van der Waals surface area contributed by atoms with Crippen molar-refractivity contribution >= 4 is 11.8 Å². The first-order valence-electron chi connectivity index (χ1n) is 9.77. The first kappa shape index (κ1) is 20.8. The van der Waals surface area contributed by atoms with Crippen molar-refractivity contribution in [3.8, 4) is 5.75 Å². The molecule has 1 aliphatic heterocycles. The minimum atomic E-state index is -0.197. The molecule has 0 radical (unpaired) electrons. The molecule has 2 aromatic carbocycles. The van der Waals surface area contributed by atoms with Gasteiger partial charge in [0.1, 0.15) is 12.4 Å². The monoisotopic (exact) mass is 398 g/mol. The zero-order valence-corrected chi connectivity index (χ0v) is 16.3. The van der Waals surface area contributed by atoms with Crippen molar-refractivity contribution in [3.05, 3.63) is 64.7 Å². The van der Waals surface area contributed by atoms with Crippen LogP contribution >= 0.6 is 0 Å². The van der Waals surface area contributed by atoms with Crippen LogP contribution in [0.25, 0.3) is 0 Å². The van der Waals surface area contributed by atoms with Gasteiger partial charge in [-0.1, -0.05) is 12.1 Å². The first-order valence-corrected chi connectivity index (χ1v) is 9.77. The number of aliphatic hydroxyl groups excluding tert-OH is 1. The normalized spacial score (nSPS) is 14.7. The van der Waals surface area contributed by atoms with Crippen LogP contribution < -0.4 is 15.4 Å². The van der Waals surface area contributed by atoms with Crippen molar-refractivity contribution in [1.82, 2.24) is 10.6 Å². The molecule has 0 saturated carbocycles. The standard InChI is InChI=1S/C22H26N2O5/c25-9-2-7-23-22(27)18-5-6-20-19(15-18)14-16-3-1-4-17(13-16)21(26)24-8-10-28-11-12-29-20/h1,3-6,13,15,25H,2,7-12,14H2,(H,23,27)(H,24,26). The van der Waals surface area contributed by atoms with Gasteiger partial charge in [0.25, 0.3) is 11.8 Å². The molecule has 3 rings (SSSR count). The lowest BCUT2D eigenvalue weighted by atomic mass is 9.99. The number of nitrogens with one attached hydrogen (secondary N) is 2. The Morgan fingerprint density at radius 3 is 2.90 bits per heavy atom. The third-order valence-corrected chi connectivity index (χ3v) is 4.54. The summed E-state index contributed by atoms with van der Waals surface area (Å²) in [5.41, 5.74) is 2.92. The van der Waals surface area contributed by atoms with Crippen molar-refractivity contribution < 1.29 is 24.2 Å². The molecule has 1 heterocycles. The number of ether oxygens (including phenoxy) is 2. The van der Waals surface area contributed by atoms with Gasteiger partial charge in [-0.15, -0.1) is 0 Å². The van der Waals surface area contributed by atoms with E-state index in [9.17, 15) is 9.59 Å². The van der Waals surface area contributed by atoms with Crippen LogP contribution in [-0.4, -0.2) is 56.4 Å². The second-order valence-corrected chi connectivity index (χ2v) is 6.75. The van der Waals surface area contributed by atoms with Crippen LogP contribution in [0.3, 0.4) is 0 Å². The van der Waals surface area contributed by atoms with E-state index < -0.39 is 0 Å². The quantitative estimate of drug-likeness (QED) is 0.679. The van der Waals surface area contributed by atoms with Gasteiger partial charge in [-0.3, -0.25) is 9.59 Å². The summed E-state index contributed by atoms with van der Waals surface area (Å²) in [5.74, 6) is 0.352. The van der Waals surface area contributed by atoms with Gasteiger partial charge in [0, 0.05) is 37.2 Å². The van der Waals surface area contributed by atoms with Crippen LogP contribution in [0.2, 0.25) is 0 Å². The Morgan fingerprint density at radius 2 is 2.03 bits per heavy atom. The van der Waals surface area contributed by atoms with Crippen molar-refractivity contribution in [1.29, 1.82) is 0 Å². The molecule has 0 fully saturated rings. The highest BCUT2D eigenvalue weighted by Crippen LogP contribution is 2.24. The molecule has 0 aliphatic carbocycles. The molecule has 2 bridgehead atoms. The molecule has 7 heteroatoms. The Hall–Kier alpha value is -2.90. The summed E-state index contributed by atoms with van der Waals surface area (Å²) in [6.07, 6.45) is 1.03. The largest absolute Gasteiger partial charge is 0.491 e. The fourth-order valence-electron chi connectivity index (χ4n) is 3.08. The van der Waals surface area contributed by atoms with Crippen LogP contribution in [-0.2, 0) is 11.2 Å². The number of hydrogen-bond acceptors (Lipinski definition) is 5. The van der Waals surface area contributed by atoms with Gasteiger partial charge >= 0.3 is 0 Å².